The van der Waals surface area contributed by atoms with Crippen LogP contribution in [-0.2, 0) is 6.54 Å². The Hall–Kier alpha value is -1.88. The Morgan fingerprint density at radius 1 is 1.17 bits per heavy atom. The molecule has 1 heterocycles. The number of urea groups is 1. The Morgan fingerprint density at radius 3 is 2.57 bits per heavy atom. The average molecular weight is 332 g/mol. The van der Waals surface area contributed by atoms with Gasteiger partial charge >= 0.3 is 6.03 Å². The van der Waals surface area contributed by atoms with Crippen LogP contribution in [0.5, 0.6) is 0 Å². The lowest BCUT2D eigenvalue weighted by atomic mass is 9.96. The summed E-state index contributed by atoms with van der Waals surface area (Å²) in [6, 6.07) is 10.2. The summed E-state index contributed by atoms with van der Waals surface area (Å²) in [7, 11) is 0. The second-order valence-electron chi connectivity index (χ2n) is 5.93. The highest BCUT2D eigenvalue weighted by Crippen LogP contribution is 2.22. The van der Waals surface area contributed by atoms with Crippen molar-refractivity contribution in [2.75, 3.05) is 4.90 Å². The van der Waals surface area contributed by atoms with Crippen LogP contribution in [0.15, 0.2) is 41.8 Å². The highest BCUT2D eigenvalue weighted by Gasteiger charge is 2.21. The molecule has 0 atom stereocenters. The summed E-state index contributed by atoms with van der Waals surface area (Å²) in [5.74, 6) is -0.294. The number of carbonyl (C=O) groups excluding carboxylic acids is 1. The lowest BCUT2D eigenvalue weighted by Gasteiger charge is -2.28. The first-order chi connectivity index (χ1) is 11.2. The number of carbonyl (C=O) groups is 1. The van der Waals surface area contributed by atoms with E-state index in [0.29, 0.717) is 12.2 Å². The van der Waals surface area contributed by atoms with E-state index >= 15 is 0 Å². The average Bonchev–Trinajstić information content (AvgIpc) is 3.08. The predicted octanol–water partition coefficient (Wildman–Crippen LogP) is 4.94. The molecule has 0 radical (unpaired) electrons. The summed E-state index contributed by atoms with van der Waals surface area (Å²) in [5, 5.41) is 5.14. The fraction of sp³-hybridized carbons (Fsp3) is 0.389. The fourth-order valence-electron chi connectivity index (χ4n) is 2.96. The monoisotopic (exact) mass is 332 g/mol. The third kappa shape index (κ3) is 4.32. The summed E-state index contributed by atoms with van der Waals surface area (Å²) < 4.78 is 13.2. The molecule has 1 aromatic heterocycles. The molecule has 3 nitrogen and oxygen atoms in total. The fourth-order valence-corrected chi connectivity index (χ4v) is 3.65. The van der Waals surface area contributed by atoms with Crippen molar-refractivity contribution in [2.24, 2.45) is 0 Å². The minimum absolute atomic E-state index is 0.100. The van der Waals surface area contributed by atoms with E-state index in [1.807, 2.05) is 17.5 Å². The van der Waals surface area contributed by atoms with Crippen LogP contribution >= 0.6 is 11.3 Å². The van der Waals surface area contributed by atoms with Crippen LogP contribution in [0.4, 0.5) is 14.9 Å². The van der Waals surface area contributed by atoms with Gasteiger partial charge in [0.05, 0.1) is 6.54 Å². The maximum Gasteiger partial charge on any atom is 0.322 e. The SMILES string of the molecule is O=C(NC1CCCCC1)N(Cc1cccs1)c1ccc(F)cc1. The Kier molecular flexibility index (Phi) is 5.28. The molecule has 0 saturated heterocycles. The summed E-state index contributed by atoms with van der Waals surface area (Å²) in [6.07, 6.45) is 5.69. The van der Waals surface area contributed by atoms with Gasteiger partial charge in [0.2, 0.25) is 0 Å². The van der Waals surface area contributed by atoms with Crippen molar-refractivity contribution in [2.45, 2.75) is 44.7 Å². The van der Waals surface area contributed by atoms with Crippen LogP contribution in [0, 0.1) is 5.82 Å². The molecule has 0 bridgehead atoms. The molecular formula is C18H21FN2OS. The third-order valence-electron chi connectivity index (χ3n) is 4.21. The summed E-state index contributed by atoms with van der Waals surface area (Å²) in [6.45, 7) is 0.502. The largest absolute Gasteiger partial charge is 0.335 e. The quantitative estimate of drug-likeness (QED) is 0.845. The van der Waals surface area contributed by atoms with Crippen LogP contribution in [0.3, 0.4) is 0 Å². The molecule has 1 aliphatic rings. The van der Waals surface area contributed by atoms with Gasteiger partial charge in [0.1, 0.15) is 5.82 Å². The van der Waals surface area contributed by atoms with Crippen molar-refractivity contribution in [1.29, 1.82) is 0 Å². The van der Waals surface area contributed by atoms with Crippen molar-refractivity contribution in [1.82, 2.24) is 5.32 Å². The number of nitrogens with one attached hydrogen (secondary N) is 1. The molecule has 1 N–H and O–H groups in total. The number of rotatable bonds is 4. The maximum absolute atomic E-state index is 13.2. The van der Waals surface area contributed by atoms with Gasteiger partial charge in [0.15, 0.2) is 0 Å². The zero-order valence-electron chi connectivity index (χ0n) is 13.0. The Labute approximate surface area is 140 Å². The molecule has 0 aliphatic heterocycles. The zero-order chi connectivity index (χ0) is 16.1. The van der Waals surface area contributed by atoms with Gasteiger partial charge in [-0.05, 0) is 48.6 Å². The van der Waals surface area contributed by atoms with Gasteiger partial charge in [-0.3, -0.25) is 4.90 Å². The van der Waals surface area contributed by atoms with E-state index in [1.54, 1.807) is 28.4 Å². The van der Waals surface area contributed by atoms with Crippen LogP contribution in [-0.4, -0.2) is 12.1 Å². The standard InChI is InChI=1S/C18H21FN2OS/c19-14-8-10-16(11-9-14)21(13-17-7-4-12-23-17)18(22)20-15-5-2-1-3-6-15/h4,7-12,15H,1-3,5-6,13H2,(H,20,22). The molecule has 2 aromatic rings. The first-order valence-corrected chi connectivity index (χ1v) is 8.96. The van der Waals surface area contributed by atoms with Gasteiger partial charge in [-0.15, -0.1) is 11.3 Å². The van der Waals surface area contributed by atoms with Crippen LogP contribution in [0.25, 0.3) is 0 Å². The van der Waals surface area contributed by atoms with E-state index in [4.69, 9.17) is 0 Å². The van der Waals surface area contributed by atoms with Gasteiger partial charge in [-0.1, -0.05) is 25.3 Å². The van der Waals surface area contributed by atoms with Crippen LogP contribution < -0.4 is 10.2 Å². The minimum Gasteiger partial charge on any atom is -0.335 e. The van der Waals surface area contributed by atoms with Gasteiger partial charge < -0.3 is 5.32 Å². The number of anilines is 1. The van der Waals surface area contributed by atoms with Crippen molar-refractivity contribution in [3.8, 4) is 0 Å². The first kappa shape index (κ1) is 16.0. The number of thiophene rings is 1. The molecule has 1 fully saturated rings. The molecule has 0 unspecified atom stereocenters. The van der Waals surface area contributed by atoms with Crippen molar-refractivity contribution in [3.05, 3.63) is 52.5 Å². The van der Waals surface area contributed by atoms with E-state index in [-0.39, 0.29) is 17.9 Å². The second kappa shape index (κ2) is 7.59. The Balaban J connectivity index is 1.75. The Morgan fingerprint density at radius 2 is 1.91 bits per heavy atom. The Bertz CT molecular complexity index is 621. The van der Waals surface area contributed by atoms with Gasteiger partial charge in [0, 0.05) is 16.6 Å². The van der Waals surface area contributed by atoms with Gasteiger partial charge in [0.25, 0.3) is 0 Å². The van der Waals surface area contributed by atoms with Gasteiger partial charge in [-0.2, -0.15) is 0 Å². The highest BCUT2D eigenvalue weighted by molar-refractivity contribution is 7.09. The summed E-state index contributed by atoms with van der Waals surface area (Å²) in [4.78, 5) is 15.5. The molecule has 1 saturated carbocycles. The summed E-state index contributed by atoms with van der Waals surface area (Å²) >= 11 is 1.62. The highest BCUT2D eigenvalue weighted by atomic mass is 32.1. The molecule has 122 valence electrons. The van der Waals surface area contributed by atoms with Crippen molar-refractivity contribution >= 4 is 23.1 Å². The number of hydrogen-bond donors (Lipinski definition) is 1. The number of hydrogen-bond acceptors (Lipinski definition) is 2. The normalized spacial score (nSPS) is 15.3. The molecule has 23 heavy (non-hydrogen) atoms. The van der Waals surface area contributed by atoms with Crippen molar-refractivity contribution < 1.29 is 9.18 Å². The molecular weight excluding hydrogens is 311 g/mol. The molecule has 1 aliphatic carbocycles. The van der Waals surface area contributed by atoms with E-state index in [0.717, 1.165) is 17.7 Å². The number of halogens is 1. The van der Waals surface area contributed by atoms with E-state index in [9.17, 15) is 9.18 Å². The molecule has 5 heteroatoms. The minimum atomic E-state index is -0.294. The third-order valence-corrected chi connectivity index (χ3v) is 5.07. The van der Waals surface area contributed by atoms with Crippen LogP contribution in [0.2, 0.25) is 0 Å². The zero-order valence-corrected chi connectivity index (χ0v) is 13.8. The van der Waals surface area contributed by atoms with E-state index in [1.165, 1.54) is 31.4 Å². The number of nitrogens with zero attached hydrogens (tertiary/aromatic N) is 1. The van der Waals surface area contributed by atoms with E-state index in [2.05, 4.69) is 5.32 Å². The molecule has 3 rings (SSSR count). The number of benzene rings is 1. The van der Waals surface area contributed by atoms with Crippen LogP contribution in [0.1, 0.15) is 37.0 Å². The second-order valence-corrected chi connectivity index (χ2v) is 6.96. The maximum atomic E-state index is 13.2. The predicted molar refractivity (Wildman–Crippen MR) is 92.3 cm³/mol. The van der Waals surface area contributed by atoms with Gasteiger partial charge in [-0.25, -0.2) is 9.18 Å². The first-order valence-electron chi connectivity index (χ1n) is 8.08. The smallest absolute Gasteiger partial charge is 0.322 e. The van der Waals surface area contributed by atoms with E-state index < -0.39 is 0 Å². The lowest BCUT2D eigenvalue weighted by Crippen LogP contribution is -2.45. The molecule has 2 amide bonds. The molecule has 1 aromatic carbocycles. The molecule has 0 spiro atoms. The number of amides is 2. The topological polar surface area (TPSA) is 32.3 Å². The lowest BCUT2D eigenvalue weighted by molar-refractivity contribution is 0.238. The van der Waals surface area contributed by atoms with Crippen molar-refractivity contribution in [3.63, 3.8) is 0 Å². The summed E-state index contributed by atoms with van der Waals surface area (Å²) in [5.41, 5.74) is 0.716.